The van der Waals surface area contributed by atoms with Crippen molar-refractivity contribution in [2.45, 2.75) is 38.8 Å². The number of anilines is 1. The summed E-state index contributed by atoms with van der Waals surface area (Å²) < 4.78 is 13.0. The Morgan fingerprint density at radius 1 is 1.38 bits per heavy atom. The third kappa shape index (κ3) is 3.93. The van der Waals surface area contributed by atoms with Gasteiger partial charge in [-0.1, -0.05) is 6.07 Å². The van der Waals surface area contributed by atoms with Crippen LogP contribution in [0.3, 0.4) is 0 Å². The zero-order chi connectivity index (χ0) is 15.6. The molecule has 114 valence electrons. The first kappa shape index (κ1) is 15.3. The van der Waals surface area contributed by atoms with Gasteiger partial charge >= 0.3 is 6.03 Å². The van der Waals surface area contributed by atoms with E-state index in [-0.39, 0.29) is 23.9 Å². The van der Waals surface area contributed by atoms with Gasteiger partial charge in [0.25, 0.3) is 0 Å². The number of hydrogen-bond donors (Lipinski definition) is 2. The Kier molecular flexibility index (Phi) is 4.16. The van der Waals surface area contributed by atoms with Gasteiger partial charge in [0, 0.05) is 24.2 Å². The molecule has 5 nitrogen and oxygen atoms in total. The average Bonchev–Trinajstić information content (AvgIpc) is 2.69. The quantitative estimate of drug-likeness (QED) is 0.879. The minimum absolute atomic E-state index is 0.0264. The zero-order valence-corrected chi connectivity index (χ0v) is 12.4. The van der Waals surface area contributed by atoms with Gasteiger partial charge < -0.3 is 15.5 Å². The van der Waals surface area contributed by atoms with Gasteiger partial charge in [0.2, 0.25) is 5.91 Å². The van der Waals surface area contributed by atoms with Crippen molar-refractivity contribution < 1.29 is 14.0 Å². The molecule has 1 fully saturated rings. The lowest BCUT2D eigenvalue weighted by atomic mass is 10.1. The molecule has 1 atom stereocenters. The van der Waals surface area contributed by atoms with Crippen LogP contribution in [0.15, 0.2) is 24.3 Å². The smallest absolute Gasteiger partial charge is 0.319 e. The molecule has 21 heavy (non-hydrogen) atoms. The van der Waals surface area contributed by atoms with Gasteiger partial charge in [-0.05, 0) is 39.0 Å². The summed E-state index contributed by atoms with van der Waals surface area (Å²) in [7, 11) is 0. The van der Waals surface area contributed by atoms with Gasteiger partial charge in [-0.3, -0.25) is 4.79 Å². The van der Waals surface area contributed by atoms with E-state index in [0.717, 1.165) is 0 Å². The van der Waals surface area contributed by atoms with Crippen molar-refractivity contribution in [1.82, 2.24) is 10.2 Å². The van der Waals surface area contributed by atoms with Crippen LogP contribution in [0, 0.1) is 5.82 Å². The first-order chi connectivity index (χ1) is 9.75. The van der Waals surface area contributed by atoms with Crippen LogP contribution < -0.4 is 10.6 Å². The van der Waals surface area contributed by atoms with Crippen molar-refractivity contribution >= 4 is 17.6 Å². The van der Waals surface area contributed by atoms with E-state index in [1.165, 1.54) is 18.2 Å². The van der Waals surface area contributed by atoms with E-state index in [0.29, 0.717) is 12.2 Å². The summed E-state index contributed by atoms with van der Waals surface area (Å²) in [6.07, 6.45) is 0.286. The lowest BCUT2D eigenvalue weighted by Crippen LogP contribution is -2.45. The molecule has 1 unspecified atom stereocenters. The highest BCUT2D eigenvalue weighted by Gasteiger charge is 2.36. The highest BCUT2D eigenvalue weighted by atomic mass is 19.1. The van der Waals surface area contributed by atoms with E-state index >= 15 is 0 Å². The molecule has 0 aliphatic carbocycles. The van der Waals surface area contributed by atoms with E-state index in [1.54, 1.807) is 11.0 Å². The fourth-order valence-corrected chi connectivity index (χ4v) is 2.37. The van der Waals surface area contributed by atoms with E-state index in [4.69, 9.17) is 0 Å². The van der Waals surface area contributed by atoms with Crippen molar-refractivity contribution in [2.24, 2.45) is 0 Å². The van der Waals surface area contributed by atoms with Crippen LogP contribution in [0.5, 0.6) is 0 Å². The van der Waals surface area contributed by atoms with Crippen LogP contribution in [0.25, 0.3) is 0 Å². The van der Waals surface area contributed by atoms with Crippen molar-refractivity contribution in [3.8, 4) is 0 Å². The van der Waals surface area contributed by atoms with Crippen molar-refractivity contribution in [3.05, 3.63) is 30.1 Å². The van der Waals surface area contributed by atoms with Crippen LogP contribution in [-0.4, -0.2) is 35.0 Å². The van der Waals surface area contributed by atoms with E-state index in [1.807, 2.05) is 20.8 Å². The van der Waals surface area contributed by atoms with Gasteiger partial charge in [-0.2, -0.15) is 0 Å². The van der Waals surface area contributed by atoms with E-state index in [9.17, 15) is 14.0 Å². The highest BCUT2D eigenvalue weighted by molar-refractivity contribution is 5.90. The Labute approximate surface area is 123 Å². The summed E-state index contributed by atoms with van der Waals surface area (Å²) in [6, 6.07) is 5.00. The Balaban J connectivity index is 1.91. The molecule has 0 bridgehead atoms. The number of benzene rings is 1. The second-order valence-electron chi connectivity index (χ2n) is 6.19. The third-order valence-electron chi connectivity index (χ3n) is 3.35. The fraction of sp³-hybridized carbons (Fsp3) is 0.467. The van der Waals surface area contributed by atoms with Crippen LogP contribution in [-0.2, 0) is 4.79 Å². The van der Waals surface area contributed by atoms with Crippen LogP contribution in [0.4, 0.5) is 14.9 Å². The molecule has 2 rings (SSSR count). The van der Waals surface area contributed by atoms with Crippen molar-refractivity contribution in [3.63, 3.8) is 0 Å². The number of hydrogen-bond acceptors (Lipinski definition) is 2. The predicted molar refractivity (Wildman–Crippen MR) is 78.4 cm³/mol. The molecule has 1 aliphatic rings. The number of likely N-dealkylation sites (tertiary alicyclic amines) is 1. The number of amides is 3. The second kappa shape index (κ2) is 5.71. The minimum Gasteiger partial charge on any atom is -0.336 e. The molecule has 1 saturated heterocycles. The number of carbonyl (C=O) groups is 2. The molecule has 2 N–H and O–H groups in total. The molecular weight excluding hydrogens is 273 g/mol. The van der Waals surface area contributed by atoms with E-state index in [2.05, 4.69) is 10.6 Å². The topological polar surface area (TPSA) is 61.4 Å². The number of rotatable bonds is 2. The minimum atomic E-state index is -0.436. The molecule has 0 spiro atoms. The first-order valence-corrected chi connectivity index (χ1v) is 6.89. The zero-order valence-electron chi connectivity index (χ0n) is 12.4. The number of urea groups is 1. The fourth-order valence-electron chi connectivity index (χ4n) is 2.37. The molecule has 1 aliphatic heterocycles. The molecule has 1 aromatic carbocycles. The van der Waals surface area contributed by atoms with Crippen molar-refractivity contribution in [1.29, 1.82) is 0 Å². The summed E-state index contributed by atoms with van der Waals surface area (Å²) in [5.74, 6) is -0.388. The Morgan fingerprint density at radius 2 is 2.10 bits per heavy atom. The maximum Gasteiger partial charge on any atom is 0.319 e. The molecular formula is C15H20FN3O2. The van der Waals surface area contributed by atoms with Crippen LogP contribution in [0.1, 0.15) is 27.2 Å². The lowest BCUT2D eigenvalue weighted by Gasteiger charge is -2.32. The molecule has 0 aromatic heterocycles. The van der Waals surface area contributed by atoms with Crippen molar-refractivity contribution in [2.75, 3.05) is 11.9 Å². The maximum atomic E-state index is 13.0. The van der Waals surface area contributed by atoms with Gasteiger partial charge in [-0.15, -0.1) is 0 Å². The number of carbonyl (C=O) groups excluding carboxylic acids is 2. The normalized spacial score (nSPS) is 18.8. The molecule has 0 saturated carbocycles. The summed E-state index contributed by atoms with van der Waals surface area (Å²) in [5, 5.41) is 5.30. The largest absolute Gasteiger partial charge is 0.336 e. The standard InChI is InChI=1S/C15H20FN3O2/c1-15(2,3)19-9-12(8-13(19)20)18-14(21)17-11-6-4-5-10(16)7-11/h4-7,12H,8-9H2,1-3H3,(H2,17,18,21). The first-order valence-electron chi connectivity index (χ1n) is 6.89. The highest BCUT2D eigenvalue weighted by Crippen LogP contribution is 2.21. The Morgan fingerprint density at radius 3 is 2.67 bits per heavy atom. The molecule has 1 aromatic rings. The SMILES string of the molecule is CC(C)(C)N1CC(NC(=O)Nc2cccc(F)c2)CC1=O. The van der Waals surface area contributed by atoms with Gasteiger partial charge in [0.05, 0.1) is 6.04 Å². The number of halogens is 1. The predicted octanol–water partition coefficient (Wildman–Crippen LogP) is 2.35. The second-order valence-corrected chi connectivity index (χ2v) is 6.19. The Bertz CT molecular complexity index is 554. The van der Waals surface area contributed by atoms with Gasteiger partial charge in [0.15, 0.2) is 0 Å². The lowest BCUT2D eigenvalue weighted by molar-refractivity contribution is -0.131. The molecule has 3 amide bonds. The summed E-state index contributed by atoms with van der Waals surface area (Å²) in [4.78, 5) is 25.5. The number of nitrogens with one attached hydrogen (secondary N) is 2. The summed E-state index contributed by atoms with van der Waals surface area (Å²) >= 11 is 0. The molecule has 6 heteroatoms. The summed E-state index contributed by atoms with van der Waals surface area (Å²) in [6.45, 7) is 6.36. The summed E-state index contributed by atoms with van der Waals surface area (Å²) in [5.41, 5.74) is 0.122. The monoisotopic (exact) mass is 293 g/mol. The molecule has 1 heterocycles. The van der Waals surface area contributed by atoms with Gasteiger partial charge in [-0.25, -0.2) is 9.18 Å². The number of nitrogens with zero attached hydrogens (tertiary/aromatic N) is 1. The third-order valence-corrected chi connectivity index (χ3v) is 3.35. The molecule has 0 radical (unpaired) electrons. The van der Waals surface area contributed by atoms with Gasteiger partial charge in [0.1, 0.15) is 5.82 Å². The average molecular weight is 293 g/mol. The van der Waals surface area contributed by atoms with Crippen LogP contribution >= 0.6 is 0 Å². The Hall–Kier alpha value is -2.11. The van der Waals surface area contributed by atoms with E-state index < -0.39 is 11.8 Å². The maximum absolute atomic E-state index is 13.0. The van der Waals surface area contributed by atoms with Crippen LogP contribution in [0.2, 0.25) is 0 Å².